The maximum absolute atomic E-state index is 10.7. The minimum Gasteiger partial charge on any atom is -0.443 e. The van der Waals surface area contributed by atoms with E-state index < -0.39 is 5.91 Å². The average Bonchev–Trinajstić information content (AvgIpc) is 2.49. The van der Waals surface area contributed by atoms with Crippen LogP contribution in [0.3, 0.4) is 0 Å². The fourth-order valence-electron chi connectivity index (χ4n) is 1.07. The quantitative estimate of drug-likeness (QED) is 0.632. The number of amides is 1. The molecule has 0 aliphatic heterocycles. The minimum absolute atomic E-state index is 0.279. The standard InChI is InChI=1S/C8H5N2O2/c9-8(11)5-2-1-3-6-7(5)10-4-12-6/h1-4,9H. The molecule has 2 rings (SSSR count). The Labute approximate surface area is 68.0 Å². The van der Waals surface area contributed by atoms with E-state index in [-0.39, 0.29) is 5.56 Å². The van der Waals surface area contributed by atoms with E-state index in [9.17, 15) is 4.79 Å². The van der Waals surface area contributed by atoms with Gasteiger partial charge >= 0.3 is 0 Å². The van der Waals surface area contributed by atoms with Crippen LogP contribution in [0.4, 0.5) is 0 Å². The highest BCUT2D eigenvalue weighted by molar-refractivity contribution is 6.02. The van der Waals surface area contributed by atoms with E-state index >= 15 is 0 Å². The molecule has 0 unspecified atom stereocenters. The molecule has 4 heteroatoms. The smallest absolute Gasteiger partial charge is 0.272 e. The molecule has 0 aliphatic rings. The second-order valence-corrected chi connectivity index (χ2v) is 2.33. The molecule has 2 aromatic rings. The van der Waals surface area contributed by atoms with Crippen LogP contribution in [0, 0.1) is 0 Å². The van der Waals surface area contributed by atoms with Crippen molar-refractivity contribution in [1.29, 1.82) is 0 Å². The first kappa shape index (κ1) is 6.84. The number of oxazole rings is 1. The van der Waals surface area contributed by atoms with Crippen LogP contribution in [-0.4, -0.2) is 10.9 Å². The number of carbonyl (C=O) groups is 1. The molecule has 0 saturated carbocycles. The van der Waals surface area contributed by atoms with Crippen molar-refractivity contribution in [3.63, 3.8) is 0 Å². The Kier molecular flexibility index (Phi) is 1.33. The van der Waals surface area contributed by atoms with Gasteiger partial charge < -0.3 is 4.42 Å². The molecule has 1 amide bonds. The summed E-state index contributed by atoms with van der Waals surface area (Å²) in [5, 5.41) is 0. The summed E-state index contributed by atoms with van der Waals surface area (Å²) in [5.41, 5.74) is 8.19. The van der Waals surface area contributed by atoms with Gasteiger partial charge in [0, 0.05) is 0 Å². The predicted molar refractivity (Wildman–Crippen MR) is 41.4 cm³/mol. The van der Waals surface area contributed by atoms with Crippen molar-refractivity contribution in [3.05, 3.63) is 30.2 Å². The Bertz CT molecular complexity index is 433. The van der Waals surface area contributed by atoms with Gasteiger partial charge in [0.25, 0.3) is 5.91 Å². The van der Waals surface area contributed by atoms with Gasteiger partial charge in [-0.25, -0.2) is 4.98 Å². The van der Waals surface area contributed by atoms with Gasteiger partial charge in [-0.2, -0.15) is 0 Å². The van der Waals surface area contributed by atoms with Gasteiger partial charge in [-0.05, 0) is 12.1 Å². The Morgan fingerprint density at radius 2 is 2.33 bits per heavy atom. The lowest BCUT2D eigenvalue weighted by Crippen LogP contribution is -1.99. The summed E-state index contributed by atoms with van der Waals surface area (Å²) in [6.45, 7) is 0. The van der Waals surface area contributed by atoms with Crippen LogP contribution in [0.15, 0.2) is 29.0 Å². The lowest BCUT2D eigenvalue weighted by atomic mass is 10.2. The molecular formula is C8H5N2O2. The van der Waals surface area contributed by atoms with Gasteiger partial charge in [-0.3, -0.25) is 10.5 Å². The average molecular weight is 161 g/mol. The third-order valence-corrected chi connectivity index (χ3v) is 1.61. The fourth-order valence-corrected chi connectivity index (χ4v) is 1.07. The van der Waals surface area contributed by atoms with Crippen molar-refractivity contribution in [2.45, 2.75) is 0 Å². The first-order valence-corrected chi connectivity index (χ1v) is 3.37. The molecule has 1 aromatic carbocycles. The van der Waals surface area contributed by atoms with Crippen LogP contribution in [-0.2, 0) is 0 Å². The molecule has 0 atom stereocenters. The molecule has 4 nitrogen and oxygen atoms in total. The molecule has 1 heterocycles. The number of aromatic nitrogens is 1. The highest BCUT2D eigenvalue weighted by atomic mass is 16.3. The van der Waals surface area contributed by atoms with Crippen LogP contribution in [0.25, 0.3) is 11.1 Å². The third kappa shape index (κ3) is 0.852. The molecule has 12 heavy (non-hydrogen) atoms. The number of nitrogens with one attached hydrogen (secondary N) is 1. The molecule has 0 aliphatic carbocycles. The zero-order chi connectivity index (χ0) is 8.55. The predicted octanol–water partition coefficient (Wildman–Crippen LogP) is 1.25. The van der Waals surface area contributed by atoms with Gasteiger partial charge in [-0.15, -0.1) is 0 Å². The molecule has 1 N–H and O–H groups in total. The van der Waals surface area contributed by atoms with Gasteiger partial charge in [0.1, 0.15) is 5.52 Å². The largest absolute Gasteiger partial charge is 0.443 e. The van der Waals surface area contributed by atoms with Gasteiger partial charge in [0.15, 0.2) is 12.0 Å². The van der Waals surface area contributed by atoms with Gasteiger partial charge in [0.05, 0.1) is 5.56 Å². The van der Waals surface area contributed by atoms with Crippen LogP contribution in [0.1, 0.15) is 10.4 Å². The summed E-state index contributed by atoms with van der Waals surface area (Å²) >= 11 is 0. The van der Waals surface area contributed by atoms with Crippen LogP contribution in [0.5, 0.6) is 0 Å². The second-order valence-electron chi connectivity index (χ2n) is 2.33. The van der Waals surface area contributed by atoms with Crippen LogP contribution < -0.4 is 5.73 Å². The molecule has 1 aromatic heterocycles. The van der Waals surface area contributed by atoms with Crippen molar-refractivity contribution in [2.24, 2.45) is 0 Å². The van der Waals surface area contributed by atoms with E-state index in [0.717, 1.165) is 0 Å². The summed E-state index contributed by atoms with van der Waals surface area (Å²) in [7, 11) is 0. The Hall–Kier alpha value is -1.84. The Morgan fingerprint density at radius 1 is 1.50 bits per heavy atom. The van der Waals surface area contributed by atoms with E-state index in [2.05, 4.69) is 4.98 Å². The molecule has 0 fully saturated rings. The zero-order valence-electron chi connectivity index (χ0n) is 6.07. The molecular weight excluding hydrogens is 156 g/mol. The van der Waals surface area contributed by atoms with Crippen molar-refractivity contribution < 1.29 is 9.21 Å². The molecule has 0 bridgehead atoms. The summed E-state index contributed by atoms with van der Waals surface area (Å²) in [5.74, 6) is -0.741. The number of hydrogen-bond donors (Lipinski definition) is 0. The summed E-state index contributed by atoms with van der Waals surface area (Å²) in [6, 6.07) is 4.92. The maximum Gasteiger partial charge on any atom is 0.272 e. The van der Waals surface area contributed by atoms with Gasteiger partial charge in [0.2, 0.25) is 0 Å². The number of benzene rings is 1. The topological polar surface area (TPSA) is 66.9 Å². The first-order chi connectivity index (χ1) is 5.79. The monoisotopic (exact) mass is 161 g/mol. The summed E-state index contributed by atoms with van der Waals surface area (Å²) in [6.07, 6.45) is 1.26. The minimum atomic E-state index is -0.741. The summed E-state index contributed by atoms with van der Waals surface area (Å²) in [4.78, 5) is 14.6. The Balaban J connectivity index is 2.82. The molecule has 59 valence electrons. The fraction of sp³-hybridized carbons (Fsp3) is 0. The number of hydrogen-bond acceptors (Lipinski definition) is 3. The molecule has 0 saturated heterocycles. The van der Waals surface area contributed by atoms with Gasteiger partial charge in [-0.1, -0.05) is 6.07 Å². The first-order valence-electron chi connectivity index (χ1n) is 3.37. The van der Waals surface area contributed by atoms with E-state index in [1.165, 1.54) is 6.39 Å². The van der Waals surface area contributed by atoms with Crippen molar-refractivity contribution in [3.8, 4) is 0 Å². The number of para-hydroxylation sites is 1. The van der Waals surface area contributed by atoms with Crippen molar-refractivity contribution >= 4 is 17.0 Å². The van der Waals surface area contributed by atoms with Crippen molar-refractivity contribution in [1.82, 2.24) is 10.7 Å². The zero-order valence-corrected chi connectivity index (χ0v) is 6.07. The maximum atomic E-state index is 10.7. The van der Waals surface area contributed by atoms with Crippen LogP contribution >= 0.6 is 0 Å². The van der Waals surface area contributed by atoms with E-state index in [1.54, 1.807) is 18.2 Å². The Morgan fingerprint density at radius 3 is 3.08 bits per heavy atom. The van der Waals surface area contributed by atoms with E-state index in [4.69, 9.17) is 10.2 Å². The lowest BCUT2D eigenvalue weighted by Gasteiger charge is -1.92. The highest BCUT2D eigenvalue weighted by Crippen LogP contribution is 2.16. The number of carbonyl (C=O) groups excluding carboxylic acids is 1. The highest BCUT2D eigenvalue weighted by Gasteiger charge is 2.08. The SMILES string of the molecule is [NH]C(=O)c1cccc2ocnc12. The number of rotatable bonds is 1. The van der Waals surface area contributed by atoms with Crippen LogP contribution in [0.2, 0.25) is 0 Å². The summed E-state index contributed by atoms with van der Waals surface area (Å²) < 4.78 is 4.96. The molecule has 0 spiro atoms. The lowest BCUT2D eigenvalue weighted by molar-refractivity contribution is 0.0993. The van der Waals surface area contributed by atoms with Crippen molar-refractivity contribution in [2.75, 3.05) is 0 Å². The second kappa shape index (κ2) is 2.34. The van der Waals surface area contributed by atoms with E-state index in [0.29, 0.717) is 11.1 Å². The third-order valence-electron chi connectivity index (χ3n) is 1.61. The molecule has 1 radical (unpaired) electrons. The van der Waals surface area contributed by atoms with E-state index in [1.807, 2.05) is 0 Å². The number of nitrogens with zero attached hydrogens (tertiary/aromatic N) is 1. The normalized spacial score (nSPS) is 10.3. The number of fused-ring (bicyclic) bond motifs is 1.